The van der Waals surface area contributed by atoms with Gasteiger partial charge >= 0.3 is 0 Å². The first-order valence-corrected chi connectivity index (χ1v) is 5.15. The van der Waals surface area contributed by atoms with Crippen LogP contribution in [-0.2, 0) is 0 Å². The van der Waals surface area contributed by atoms with Crippen molar-refractivity contribution in [2.45, 2.75) is 6.92 Å². The van der Waals surface area contributed by atoms with E-state index in [4.69, 9.17) is 5.26 Å². The fourth-order valence-electron chi connectivity index (χ4n) is 1.29. The average Bonchev–Trinajstić information content (AvgIpc) is 2.41. The Kier molecular flexibility index (Phi) is 3.25. The minimum absolute atomic E-state index is 0.197. The SMILES string of the molecule is Cc1ncc(NC(=O)c2ccnc(C#N)c2)cn1. The molecule has 0 aliphatic heterocycles. The molecule has 0 saturated heterocycles. The summed E-state index contributed by atoms with van der Waals surface area (Å²) in [7, 11) is 0. The number of carbonyl (C=O) groups is 1. The summed E-state index contributed by atoms with van der Waals surface area (Å²) in [5.41, 5.74) is 1.06. The van der Waals surface area contributed by atoms with Gasteiger partial charge in [-0.3, -0.25) is 4.79 Å². The molecular weight excluding hydrogens is 230 g/mol. The van der Waals surface area contributed by atoms with Crippen molar-refractivity contribution < 1.29 is 4.79 Å². The molecule has 1 N–H and O–H groups in total. The van der Waals surface area contributed by atoms with E-state index in [1.54, 1.807) is 6.92 Å². The summed E-state index contributed by atoms with van der Waals surface area (Å²) in [5, 5.41) is 11.3. The second kappa shape index (κ2) is 5.01. The Morgan fingerprint density at radius 3 is 2.72 bits per heavy atom. The number of nitrogens with zero attached hydrogens (tertiary/aromatic N) is 4. The Morgan fingerprint density at radius 2 is 2.06 bits per heavy atom. The van der Waals surface area contributed by atoms with E-state index in [1.165, 1.54) is 30.7 Å². The van der Waals surface area contributed by atoms with Gasteiger partial charge in [0.25, 0.3) is 5.91 Å². The number of nitrogens with one attached hydrogen (secondary N) is 1. The van der Waals surface area contributed by atoms with Crippen LogP contribution in [0.15, 0.2) is 30.7 Å². The van der Waals surface area contributed by atoms with E-state index < -0.39 is 0 Å². The zero-order valence-corrected chi connectivity index (χ0v) is 9.58. The Hall–Kier alpha value is -2.81. The highest BCUT2D eigenvalue weighted by atomic mass is 16.1. The maximum Gasteiger partial charge on any atom is 0.255 e. The van der Waals surface area contributed by atoms with Crippen LogP contribution in [0, 0.1) is 18.3 Å². The largest absolute Gasteiger partial charge is 0.319 e. The second-order valence-electron chi connectivity index (χ2n) is 3.51. The lowest BCUT2D eigenvalue weighted by Gasteiger charge is -2.04. The lowest BCUT2D eigenvalue weighted by Crippen LogP contribution is -2.12. The normalized spacial score (nSPS) is 9.56. The molecule has 18 heavy (non-hydrogen) atoms. The number of pyridine rings is 1. The molecular formula is C12H9N5O. The molecule has 6 heteroatoms. The van der Waals surface area contributed by atoms with Crippen LogP contribution in [0.2, 0.25) is 0 Å². The number of aryl methyl sites for hydroxylation is 1. The molecule has 0 radical (unpaired) electrons. The molecule has 1 amide bonds. The molecule has 0 spiro atoms. The van der Waals surface area contributed by atoms with Crippen molar-refractivity contribution in [3.8, 4) is 6.07 Å². The van der Waals surface area contributed by atoms with E-state index in [2.05, 4.69) is 20.3 Å². The number of nitriles is 1. The standard InChI is InChI=1S/C12H9N5O/c1-8-15-6-11(7-16-8)17-12(18)9-2-3-14-10(4-9)5-13/h2-4,6-7H,1H3,(H,17,18). The molecule has 0 saturated carbocycles. The van der Waals surface area contributed by atoms with E-state index in [1.807, 2.05) is 6.07 Å². The number of carbonyl (C=O) groups excluding carboxylic acids is 1. The maximum absolute atomic E-state index is 11.9. The van der Waals surface area contributed by atoms with Gasteiger partial charge in [-0.1, -0.05) is 0 Å². The molecule has 0 aliphatic carbocycles. The van der Waals surface area contributed by atoms with Crippen LogP contribution in [0.5, 0.6) is 0 Å². The van der Waals surface area contributed by atoms with Crippen LogP contribution in [0.1, 0.15) is 21.9 Å². The van der Waals surface area contributed by atoms with Gasteiger partial charge in [-0.15, -0.1) is 0 Å². The number of rotatable bonds is 2. The molecule has 0 unspecified atom stereocenters. The van der Waals surface area contributed by atoms with Crippen LogP contribution in [0.3, 0.4) is 0 Å². The van der Waals surface area contributed by atoms with Crippen molar-refractivity contribution in [1.29, 1.82) is 5.26 Å². The van der Waals surface area contributed by atoms with Crippen LogP contribution in [0.25, 0.3) is 0 Å². The number of aromatic nitrogens is 3. The van der Waals surface area contributed by atoms with Gasteiger partial charge in [0.2, 0.25) is 0 Å². The van der Waals surface area contributed by atoms with E-state index in [0.29, 0.717) is 17.1 Å². The maximum atomic E-state index is 11.9. The third kappa shape index (κ3) is 2.65. The molecule has 2 aromatic heterocycles. The molecule has 2 aromatic rings. The number of amides is 1. The first kappa shape index (κ1) is 11.7. The van der Waals surface area contributed by atoms with Gasteiger partial charge in [0.15, 0.2) is 0 Å². The van der Waals surface area contributed by atoms with E-state index in [-0.39, 0.29) is 11.6 Å². The number of anilines is 1. The summed E-state index contributed by atoms with van der Waals surface area (Å²) in [4.78, 5) is 23.6. The van der Waals surface area contributed by atoms with Gasteiger partial charge in [-0.05, 0) is 19.1 Å². The highest BCUT2D eigenvalue weighted by molar-refractivity contribution is 6.04. The van der Waals surface area contributed by atoms with Crippen LogP contribution >= 0.6 is 0 Å². The molecule has 0 aromatic carbocycles. The van der Waals surface area contributed by atoms with Gasteiger partial charge in [0.05, 0.1) is 18.1 Å². The first-order valence-electron chi connectivity index (χ1n) is 5.15. The molecule has 0 fully saturated rings. The number of hydrogen-bond acceptors (Lipinski definition) is 5. The molecule has 0 aliphatic rings. The van der Waals surface area contributed by atoms with Gasteiger partial charge in [-0.2, -0.15) is 5.26 Å². The summed E-state index contributed by atoms with van der Waals surface area (Å²) in [6.07, 6.45) is 4.46. The topological polar surface area (TPSA) is 91.6 Å². The number of hydrogen-bond donors (Lipinski definition) is 1. The van der Waals surface area contributed by atoms with Gasteiger partial charge in [0.1, 0.15) is 17.6 Å². The third-order valence-electron chi connectivity index (χ3n) is 2.18. The highest BCUT2D eigenvalue weighted by Crippen LogP contribution is 2.07. The Bertz CT molecular complexity index is 615. The fraction of sp³-hybridized carbons (Fsp3) is 0.0833. The van der Waals surface area contributed by atoms with Crippen LogP contribution in [-0.4, -0.2) is 20.9 Å². The second-order valence-corrected chi connectivity index (χ2v) is 3.51. The lowest BCUT2D eigenvalue weighted by atomic mass is 10.2. The zero-order chi connectivity index (χ0) is 13.0. The van der Waals surface area contributed by atoms with Crippen LogP contribution in [0.4, 0.5) is 5.69 Å². The predicted octanol–water partition coefficient (Wildman–Crippen LogP) is 1.30. The highest BCUT2D eigenvalue weighted by Gasteiger charge is 2.07. The molecule has 0 bridgehead atoms. The van der Waals surface area contributed by atoms with Crippen molar-refractivity contribution in [3.05, 3.63) is 47.8 Å². The molecule has 2 rings (SSSR count). The van der Waals surface area contributed by atoms with Crippen molar-refractivity contribution in [1.82, 2.24) is 15.0 Å². The Morgan fingerprint density at radius 1 is 1.33 bits per heavy atom. The molecule has 2 heterocycles. The van der Waals surface area contributed by atoms with Gasteiger partial charge in [-0.25, -0.2) is 15.0 Å². The summed E-state index contributed by atoms with van der Waals surface area (Å²) in [6.45, 7) is 1.76. The van der Waals surface area contributed by atoms with Crippen molar-refractivity contribution in [2.24, 2.45) is 0 Å². The van der Waals surface area contributed by atoms with Crippen LogP contribution < -0.4 is 5.32 Å². The van der Waals surface area contributed by atoms with Gasteiger partial charge in [0, 0.05) is 11.8 Å². The lowest BCUT2D eigenvalue weighted by molar-refractivity contribution is 0.102. The first-order chi connectivity index (χ1) is 8.69. The zero-order valence-electron chi connectivity index (χ0n) is 9.58. The van der Waals surface area contributed by atoms with E-state index in [9.17, 15) is 4.79 Å². The summed E-state index contributed by atoms with van der Waals surface area (Å²) in [5.74, 6) is 0.296. The molecule has 0 atom stereocenters. The Balaban J connectivity index is 2.17. The predicted molar refractivity (Wildman–Crippen MR) is 63.7 cm³/mol. The minimum atomic E-state index is -0.332. The van der Waals surface area contributed by atoms with Crippen molar-refractivity contribution in [2.75, 3.05) is 5.32 Å². The van der Waals surface area contributed by atoms with Crippen molar-refractivity contribution in [3.63, 3.8) is 0 Å². The van der Waals surface area contributed by atoms with Gasteiger partial charge < -0.3 is 5.32 Å². The quantitative estimate of drug-likeness (QED) is 0.852. The minimum Gasteiger partial charge on any atom is -0.319 e. The molecule has 6 nitrogen and oxygen atoms in total. The van der Waals surface area contributed by atoms with E-state index >= 15 is 0 Å². The monoisotopic (exact) mass is 239 g/mol. The van der Waals surface area contributed by atoms with E-state index in [0.717, 1.165) is 0 Å². The fourth-order valence-corrected chi connectivity index (χ4v) is 1.29. The summed E-state index contributed by atoms with van der Waals surface area (Å²) < 4.78 is 0. The smallest absolute Gasteiger partial charge is 0.255 e. The summed E-state index contributed by atoms with van der Waals surface area (Å²) >= 11 is 0. The van der Waals surface area contributed by atoms with Crippen molar-refractivity contribution >= 4 is 11.6 Å². The Labute approximate surface area is 103 Å². The molecule has 88 valence electrons. The average molecular weight is 239 g/mol. The third-order valence-corrected chi connectivity index (χ3v) is 2.18. The summed E-state index contributed by atoms with van der Waals surface area (Å²) in [6, 6.07) is 4.83.